The number of nitrogen functional groups attached to an aromatic ring is 1. The predicted molar refractivity (Wildman–Crippen MR) is 75.0 cm³/mol. The van der Waals surface area contributed by atoms with Crippen LogP contribution in [0.3, 0.4) is 0 Å². The minimum Gasteiger partial charge on any atom is -0.399 e. The summed E-state index contributed by atoms with van der Waals surface area (Å²) in [5.41, 5.74) is 7.92. The maximum atomic E-state index is 13.3. The highest BCUT2D eigenvalue weighted by Crippen LogP contribution is 2.20. The van der Waals surface area contributed by atoms with Crippen LogP contribution in [0.4, 0.5) is 15.8 Å². The molecule has 0 saturated heterocycles. The third-order valence-corrected chi connectivity index (χ3v) is 2.99. The van der Waals surface area contributed by atoms with Crippen LogP contribution in [-0.2, 0) is 0 Å². The molecule has 2 aromatic rings. The van der Waals surface area contributed by atoms with Crippen molar-refractivity contribution in [3.63, 3.8) is 0 Å². The van der Waals surface area contributed by atoms with E-state index in [9.17, 15) is 9.18 Å². The van der Waals surface area contributed by atoms with Crippen molar-refractivity contribution in [1.29, 1.82) is 0 Å². The molecule has 0 bridgehead atoms. The van der Waals surface area contributed by atoms with Crippen LogP contribution in [0.1, 0.15) is 15.9 Å². The van der Waals surface area contributed by atoms with E-state index >= 15 is 0 Å². The summed E-state index contributed by atoms with van der Waals surface area (Å²) in [4.78, 5) is 12.0. The van der Waals surface area contributed by atoms with Crippen molar-refractivity contribution in [2.45, 2.75) is 6.92 Å². The normalized spacial score (nSPS) is 10.3. The highest BCUT2D eigenvalue weighted by atomic mass is 35.5. The summed E-state index contributed by atoms with van der Waals surface area (Å²) in [5.74, 6) is -1.02. The molecule has 0 spiro atoms. The standard InChI is InChI=1S/C14H12ClFN2O/c1-8-6-10(17)3-5-13(8)18-14(19)9-2-4-11(15)12(16)7-9/h2-7H,17H2,1H3,(H,18,19). The zero-order valence-electron chi connectivity index (χ0n) is 10.2. The van der Waals surface area contributed by atoms with E-state index in [-0.39, 0.29) is 10.6 Å². The summed E-state index contributed by atoms with van der Waals surface area (Å²) in [7, 11) is 0. The van der Waals surface area contributed by atoms with Crippen LogP contribution in [-0.4, -0.2) is 5.91 Å². The Kier molecular flexibility index (Phi) is 3.71. The van der Waals surface area contributed by atoms with Crippen molar-refractivity contribution >= 4 is 28.9 Å². The fraction of sp³-hybridized carbons (Fsp3) is 0.0714. The average molecular weight is 279 g/mol. The molecule has 3 nitrogen and oxygen atoms in total. The second kappa shape index (κ2) is 5.28. The molecule has 0 saturated carbocycles. The number of hydrogen-bond donors (Lipinski definition) is 2. The molecule has 5 heteroatoms. The molecule has 2 aromatic carbocycles. The van der Waals surface area contributed by atoms with Crippen molar-refractivity contribution in [3.05, 3.63) is 58.4 Å². The molecule has 0 fully saturated rings. The topological polar surface area (TPSA) is 55.1 Å². The van der Waals surface area contributed by atoms with E-state index in [1.165, 1.54) is 12.1 Å². The van der Waals surface area contributed by atoms with Crippen LogP contribution in [0.5, 0.6) is 0 Å². The van der Waals surface area contributed by atoms with Crippen LogP contribution in [0.25, 0.3) is 0 Å². The number of anilines is 2. The quantitative estimate of drug-likeness (QED) is 0.824. The van der Waals surface area contributed by atoms with Gasteiger partial charge in [-0.2, -0.15) is 0 Å². The van der Waals surface area contributed by atoms with E-state index in [2.05, 4.69) is 5.32 Å². The van der Waals surface area contributed by atoms with Gasteiger partial charge >= 0.3 is 0 Å². The van der Waals surface area contributed by atoms with E-state index in [0.717, 1.165) is 11.6 Å². The lowest BCUT2D eigenvalue weighted by molar-refractivity contribution is 0.102. The summed E-state index contributed by atoms with van der Waals surface area (Å²) in [6, 6.07) is 9.05. The third kappa shape index (κ3) is 3.03. The van der Waals surface area contributed by atoms with E-state index in [0.29, 0.717) is 11.4 Å². The van der Waals surface area contributed by atoms with E-state index in [1.54, 1.807) is 18.2 Å². The summed E-state index contributed by atoms with van der Waals surface area (Å²) in [5, 5.41) is 2.68. The first kappa shape index (κ1) is 13.4. The number of hydrogen-bond acceptors (Lipinski definition) is 2. The Morgan fingerprint density at radius 3 is 2.63 bits per heavy atom. The lowest BCUT2D eigenvalue weighted by atomic mass is 10.1. The summed E-state index contributed by atoms with van der Waals surface area (Å²) >= 11 is 5.57. The number of amides is 1. The molecule has 0 radical (unpaired) electrons. The first-order valence-corrected chi connectivity index (χ1v) is 5.97. The maximum absolute atomic E-state index is 13.3. The van der Waals surface area contributed by atoms with E-state index < -0.39 is 11.7 Å². The van der Waals surface area contributed by atoms with Gasteiger partial charge in [0.1, 0.15) is 5.82 Å². The van der Waals surface area contributed by atoms with Crippen molar-refractivity contribution in [1.82, 2.24) is 0 Å². The SMILES string of the molecule is Cc1cc(N)ccc1NC(=O)c1ccc(Cl)c(F)c1. The lowest BCUT2D eigenvalue weighted by Gasteiger charge is -2.09. The van der Waals surface area contributed by atoms with Gasteiger partial charge in [-0.3, -0.25) is 4.79 Å². The molecular formula is C14H12ClFN2O. The molecule has 0 aromatic heterocycles. The molecule has 0 heterocycles. The van der Waals surface area contributed by atoms with Crippen molar-refractivity contribution < 1.29 is 9.18 Å². The minimum absolute atomic E-state index is 0.0137. The molecule has 2 rings (SSSR count). The van der Waals surface area contributed by atoms with E-state index in [4.69, 9.17) is 17.3 Å². The van der Waals surface area contributed by atoms with Gasteiger partial charge in [0.2, 0.25) is 0 Å². The number of nitrogens with two attached hydrogens (primary N) is 1. The second-order valence-electron chi connectivity index (χ2n) is 4.16. The van der Waals surface area contributed by atoms with Crippen molar-refractivity contribution in [3.8, 4) is 0 Å². The van der Waals surface area contributed by atoms with Gasteiger partial charge in [-0.15, -0.1) is 0 Å². The fourth-order valence-corrected chi connectivity index (χ4v) is 1.78. The Bertz CT molecular complexity index is 643. The number of nitrogens with one attached hydrogen (secondary N) is 1. The van der Waals surface area contributed by atoms with Gasteiger partial charge in [0.05, 0.1) is 5.02 Å². The average Bonchev–Trinajstić information content (AvgIpc) is 2.36. The molecule has 0 atom stereocenters. The largest absolute Gasteiger partial charge is 0.399 e. The van der Waals surface area contributed by atoms with Gasteiger partial charge in [0, 0.05) is 16.9 Å². The van der Waals surface area contributed by atoms with Crippen LogP contribution in [0.15, 0.2) is 36.4 Å². The van der Waals surface area contributed by atoms with Crippen molar-refractivity contribution in [2.75, 3.05) is 11.1 Å². The Labute approximate surface area is 115 Å². The zero-order valence-corrected chi connectivity index (χ0v) is 11.0. The maximum Gasteiger partial charge on any atom is 0.255 e. The minimum atomic E-state index is -0.622. The number of carbonyl (C=O) groups excluding carboxylic acids is 1. The Balaban J connectivity index is 2.23. The van der Waals surface area contributed by atoms with Gasteiger partial charge in [0.25, 0.3) is 5.91 Å². The highest BCUT2D eigenvalue weighted by molar-refractivity contribution is 6.30. The Hall–Kier alpha value is -2.07. The second-order valence-corrected chi connectivity index (χ2v) is 4.56. The number of carbonyl (C=O) groups is 1. The van der Waals surface area contributed by atoms with Gasteiger partial charge in [-0.1, -0.05) is 11.6 Å². The first-order valence-electron chi connectivity index (χ1n) is 5.60. The van der Waals surface area contributed by atoms with Gasteiger partial charge in [-0.25, -0.2) is 4.39 Å². The summed E-state index contributed by atoms with van der Waals surface area (Å²) in [6.07, 6.45) is 0. The van der Waals surface area contributed by atoms with Crippen molar-refractivity contribution in [2.24, 2.45) is 0 Å². The Morgan fingerprint density at radius 1 is 1.26 bits per heavy atom. The number of aryl methyl sites for hydroxylation is 1. The zero-order chi connectivity index (χ0) is 14.0. The summed E-state index contributed by atoms with van der Waals surface area (Å²) in [6.45, 7) is 1.83. The number of benzene rings is 2. The van der Waals surface area contributed by atoms with Crippen LogP contribution < -0.4 is 11.1 Å². The molecule has 0 unspecified atom stereocenters. The molecule has 0 aliphatic heterocycles. The molecule has 98 valence electrons. The first-order chi connectivity index (χ1) is 8.97. The smallest absolute Gasteiger partial charge is 0.255 e. The van der Waals surface area contributed by atoms with E-state index in [1.807, 2.05) is 6.92 Å². The van der Waals surface area contributed by atoms with Gasteiger partial charge < -0.3 is 11.1 Å². The molecule has 3 N–H and O–H groups in total. The molecular weight excluding hydrogens is 267 g/mol. The van der Waals surface area contributed by atoms with Crippen LogP contribution >= 0.6 is 11.6 Å². The highest BCUT2D eigenvalue weighted by Gasteiger charge is 2.10. The predicted octanol–water partition coefficient (Wildman–Crippen LogP) is 3.62. The molecule has 1 amide bonds. The number of rotatable bonds is 2. The molecule has 0 aliphatic carbocycles. The third-order valence-electron chi connectivity index (χ3n) is 2.68. The Morgan fingerprint density at radius 2 is 2.00 bits per heavy atom. The van der Waals surface area contributed by atoms with Gasteiger partial charge in [-0.05, 0) is 48.9 Å². The fourth-order valence-electron chi connectivity index (χ4n) is 1.66. The monoisotopic (exact) mass is 278 g/mol. The molecule has 0 aliphatic rings. The van der Waals surface area contributed by atoms with Crippen LogP contribution in [0, 0.1) is 12.7 Å². The number of halogens is 2. The summed E-state index contributed by atoms with van der Waals surface area (Å²) < 4.78 is 13.3. The molecule has 19 heavy (non-hydrogen) atoms. The van der Waals surface area contributed by atoms with Gasteiger partial charge in [0.15, 0.2) is 0 Å². The van der Waals surface area contributed by atoms with Crippen LogP contribution in [0.2, 0.25) is 5.02 Å². The lowest BCUT2D eigenvalue weighted by Crippen LogP contribution is -2.13.